The van der Waals surface area contributed by atoms with Gasteiger partial charge in [0.05, 0.1) is 17.4 Å². The molecule has 0 aliphatic carbocycles. The molecule has 0 aromatic heterocycles. The highest BCUT2D eigenvalue weighted by atomic mass is 32.2. The summed E-state index contributed by atoms with van der Waals surface area (Å²) in [6.07, 6.45) is 1.07. The van der Waals surface area contributed by atoms with Crippen LogP contribution in [-0.4, -0.2) is 35.8 Å². The monoisotopic (exact) mass is 295 g/mol. The minimum atomic E-state index is -0.948. The Morgan fingerprint density at radius 2 is 2.20 bits per heavy atom. The van der Waals surface area contributed by atoms with Gasteiger partial charge in [-0.3, -0.25) is 4.21 Å². The molecule has 0 amide bonds. The van der Waals surface area contributed by atoms with E-state index in [9.17, 15) is 4.21 Å². The predicted octanol–water partition coefficient (Wildman–Crippen LogP) is 2.43. The maximum Gasteiger partial charge on any atom is 0.0545 e. The zero-order valence-electron chi connectivity index (χ0n) is 12.6. The van der Waals surface area contributed by atoms with Crippen molar-refractivity contribution in [3.63, 3.8) is 0 Å². The van der Waals surface area contributed by atoms with Crippen molar-refractivity contribution in [1.82, 2.24) is 5.32 Å². The minimum Gasteiger partial charge on any atom is -0.381 e. The lowest BCUT2D eigenvalue weighted by atomic mass is 10.0. The van der Waals surface area contributed by atoms with Crippen LogP contribution in [0.4, 0.5) is 0 Å². The lowest BCUT2D eigenvalue weighted by molar-refractivity contribution is 0.179. The number of nitrogens with one attached hydrogen (secondary N) is 1. The van der Waals surface area contributed by atoms with E-state index in [0.29, 0.717) is 11.7 Å². The molecule has 0 spiro atoms. The second-order valence-electron chi connectivity index (χ2n) is 5.55. The Kier molecular flexibility index (Phi) is 5.75. The first kappa shape index (κ1) is 15.7. The summed E-state index contributed by atoms with van der Waals surface area (Å²) in [5.41, 5.74) is 2.46. The van der Waals surface area contributed by atoms with Gasteiger partial charge in [0.15, 0.2) is 0 Å². The van der Waals surface area contributed by atoms with Gasteiger partial charge >= 0.3 is 0 Å². The zero-order chi connectivity index (χ0) is 14.5. The summed E-state index contributed by atoms with van der Waals surface area (Å²) >= 11 is 0. The highest BCUT2D eigenvalue weighted by Gasteiger charge is 2.27. The SMILES string of the molecule is CCNC(CS(=O)c1ccc(C)c(C)c1)C1CCOC1. The summed E-state index contributed by atoms with van der Waals surface area (Å²) in [6.45, 7) is 8.79. The summed E-state index contributed by atoms with van der Waals surface area (Å²) in [5, 5.41) is 3.48. The topological polar surface area (TPSA) is 38.3 Å². The highest BCUT2D eigenvalue weighted by molar-refractivity contribution is 7.85. The quantitative estimate of drug-likeness (QED) is 0.876. The number of rotatable bonds is 6. The minimum absolute atomic E-state index is 0.282. The first-order valence-corrected chi connectivity index (χ1v) is 8.70. The van der Waals surface area contributed by atoms with Gasteiger partial charge in [-0.15, -0.1) is 0 Å². The van der Waals surface area contributed by atoms with E-state index in [0.717, 1.165) is 31.1 Å². The summed E-state index contributed by atoms with van der Waals surface area (Å²) in [5.74, 6) is 1.16. The molecule has 20 heavy (non-hydrogen) atoms. The van der Waals surface area contributed by atoms with Crippen molar-refractivity contribution in [2.75, 3.05) is 25.5 Å². The average Bonchev–Trinajstić information content (AvgIpc) is 2.95. The van der Waals surface area contributed by atoms with Crippen molar-refractivity contribution in [3.8, 4) is 0 Å². The van der Waals surface area contributed by atoms with E-state index in [1.165, 1.54) is 11.1 Å². The van der Waals surface area contributed by atoms with Crippen molar-refractivity contribution in [2.45, 2.75) is 38.1 Å². The Bertz CT molecular complexity index is 470. The molecule has 1 saturated heterocycles. The Balaban J connectivity index is 2.05. The molecule has 1 heterocycles. The molecule has 1 fully saturated rings. The average molecular weight is 295 g/mol. The van der Waals surface area contributed by atoms with Crippen LogP contribution in [0.15, 0.2) is 23.1 Å². The van der Waals surface area contributed by atoms with Crippen molar-refractivity contribution in [3.05, 3.63) is 29.3 Å². The van der Waals surface area contributed by atoms with Gasteiger partial charge in [0.2, 0.25) is 0 Å². The Morgan fingerprint density at radius 3 is 2.80 bits per heavy atom. The van der Waals surface area contributed by atoms with Crippen molar-refractivity contribution in [2.24, 2.45) is 5.92 Å². The zero-order valence-corrected chi connectivity index (χ0v) is 13.5. The van der Waals surface area contributed by atoms with Crippen LogP contribution in [0.3, 0.4) is 0 Å². The maximum absolute atomic E-state index is 12.6. The summed E-state index contributed by atoms with van der Waals surface area (Å²) < 4.78 is 18.0. The fraction of sp³-hybridized carbons (Fsp3) is 0.625. The summed E-state index contributed by atoms with van der Waals surface area (Å²) in [6, 6.07) is 6.39. The molecule has 1 aliphatic rings. The maximum atomic E-state index is 12.6. The lowest BCUT2D eigenvalue weighted by Crippen LogP contribution is -2.40. The van der Waals surface area contributed by atoms with Crippen LogP contribution in [0.25, 0.3) is 0 Å². The number of ether oxygens (including phenoxy) is 1. The van der Waals surface area contributed by atoms with Gasteiger partial charge < -0.3 is 10.1 Å². The molecule has 2 rings (SSSR count). The van der Waals surface area contributed by atoms with Crippen LogP contribution in [0.2, 0.25) is 0 Å². The van der Waals surface area contributed by atoms with Gasteiger partial charge in [0.1, 0.15) is 0 Å². The third-order valence-corrected chi connectivity index (χ3v) is 5.51. The Morgan fingerprint density at radius 1 is 1.40 bits per heavy atom. The van der Waals surface area contributed by atoms with E-state index in [4.69, 9.17) is 4.74 Å². The normalized spacial score (nSPS) is 21.9. The Hall–Kier alpha value is -0.710. The van der Waals surface area contributed by atoms with Crippen LogP contribution in [0.5, 0.6) is 0 Å². The molecule has 0 radical (unpaired) electrons. The van der Waals surface area contributed by atoms with E-state index < -0.39 is 10.8 Å². The van der Waals surface area contributed by atoms with Crippen LogP contribution >= 0.6 is 0 Å². The first-order valence-electron chi connectivity index (χ1n) is 7.38. The van der Waals surface area contributed by atoms with E-state index >= 15 is 0 Å². The molecule has 1 aliphatic heterocycles. The molecule has 1 N–H and O–H groups in total. The first-order chi connectivity index (χ1) is 9.61. The fourth-order valence-corrected chi connectivity index (χ4v) is 4.05. The molecule has 3 unspecified atom stereocenters. The fourth-order valence-electron chi connectivity index (χ4n) is 2.61. The third-order valence-electron chi connectivity index (χ3n) is 4.07. The predicted molar refractivity (Wildman–Crippen MR) is 83.6 cm³/mol. The summed E-state index contributed by atoms with van der Waals surface area (Å²) in [7, 11) is -0.948. The number of hydrogen-bond donors (Lipinski definition) is 1. The van der Waals surface area contributed by atoms with Crippen molar-refractivity contribution < 1.29 is 8.95 Å². The molecule has 0 saturated carbocycles. The highest BCUT2D eigenvalue weighted by Crippen LogP contribution is 2.20. The van der Waals surface area contributed by atoms with E-state index in [1.54, 1.807) is 0 Å². The van der Waals surface area contributed by atoms with Crippen LogP contribution in [-0.2, 0) is 15.5 Å². The van der Waals surface area contributed by atoms with Gasteiger partial charge in [-0.25, -0.2) is 0 Å². The third kappa shape index (κ3) is 3.90. The van der Waals surface area contributed by atoms with Crippen molar-refractivity contribution in [1.29, 1.82) is 0 Å². The molecule has 112 valence electrons. The smallest absolute Gasteiger partial charge is 0.0545 e. The van der Waals surface area contributed by atoms with Crippen LogP contribution in [0.1, 0.15) is 24.5 Å². The van der Waals surface area contributed by atoms with Gasteiger partial charge in [0.25, 0.3) is 0 Å². The number of aryl methyl sites for hydroxylation is 2. The molecule has 0 bridgehead atoms. The molecule has 1 aromatic carbocycles. The van der Waals surface area contributed by atoms with Gasteiger partial charge in [0, 0.05) is 29.2 Å². The van der Waals surface area contributed by atoms with E-state index in [2.05, 4.69) is 38.2 Å². The van der Waals surface area contributed by atoms with Gasteiger partial charge in [-0.05, 0) is 50.1 Å². The second kappa shape index (κ2) is 7.34. The number of hydrogen-bond acceptors (Lipinski definition) is 3. The standard InChI is InChI=1S/C16H25NO2S/c1-4-17-16(14-7-8-19-10-14)11-20(18)15-6-5-12(2)13(3)9-15/h5-6,9,14,16-17H,4,7-8,10-11H2,1-3H3. The number of benzene rings is 1. The lowest BCUT2D eigenvalue weighted by Gasteiger charge is -2.23. The largest absolute Gasteiger partial charge is 0.381 e. The van der Waals surface area contributed by atoms with Gasteiger partial charge in [-0.1, -0.05) is 13.0 Å². The Labute approximate surface area is 124 Å². The molecule has 3 atom stereocenters. The van der Waals surface area contributed by atoms with Crippen LogP contribution < -0.4 is 5.32 Å². The molecule has 1 aromatic rings. The second-order valence-corrected chi connectivity index (χ2v) is 7.04. The van der Waals surface area contributed by atoms with E-state index in [-0.39, 0.29) is 6.04 Å². The van der Waals surface area contributed by atoms with Crippen LogP contribution in [0, 0.1) is 19.8 Å². The van der Waals surface area contributed by atoms with E-state index in [1.807, 2.05) is 6.07 Å². The van der Waals surface area contributed by atoms with Gasteiger partial charge in [-0.2, -0.15) is 0 Å². The molecular formula is C16H25NO2S. The van der Waals surface area contributed by atoms with Crippen molar-refractivity contribution >= 4 is 10.8 Å². The molecule has 4 heteroatoms. The molecule has 3 nitrogen and oxygen atoms in total. The summed E-state index contributed by atoms with van der Waals surface area (Å²) in [4.78, 5) is 0.940. The molecular weight excluding hydrogens is 270 g/mol.